The number of halogens is 1. The molecule has 1 amide bonds. The van der Waals surface area contributed by atoms with Gasteiger partial charge in [-0.2, -0.15) is 0 Å². The number of aromatic nitrogens is 2. The number of hydrogen-bond donors (Lipinski definition) is 2. The number of carbonyl (C=O) groups is 1. The third-order valence-electron chi connectivity index (χ3n) is 3.27. The first-order valence-electron chi connectivity index (χ1n) is 6.34. The van der Waals surface area contributed by atoms with Crippen LogP contribution in [0.4, 0.5) is 11.5 Å². The monoisotopic (exact) mass is 288 g/mol. The van der Waals surface area contributed by atoms with E-state index in [9.17, 15) is 4.79 Å². The summed E-state index contributed by atoms with van der Waals surface area (Å²) in [5, 5.41) is 13.8. The van der Waals surface area contributed by atoms with Gasteiger partial charge in [-0.15, -0.1) is 10.2 Å². The number of rotatable bonds is 3. The Morgan fingerprint density at radius 1 is 1.30 bits per heavy atom. The van der Waals surface area contributed by atoms with E-state index in [-0.39, 0.29) is 11.8 Å². The van der Waals surface area contributed by atoms with Gasteiger partial charge in [-0.25, -0.2) is 0 Å². The van der Waals surface area contributed by atoms with Gasteiger partial charge < -0.3 is 10.6 Å². The normalized spacial score (nSPS) is 16.4. The van der Waals surface area contributed by atoms with E-state index in [1.807, 2.05) is 18.2 Å². The quantitative estimate of drug-likeness (QED) is 0.911. The molecule has 0 radical (unpaired) electrons. The van der Waals surface area contributed by atoms with Crippen molar-refractivity contribution in [2.24, 2.45) is 0 Å². The SMILES string of the molecule is O=C(CC1CNc2ccccc21)Nc1ccc(Cl)nn1. The lowest BCUT2D eigenvalue weighted by Gasteiger charge is -2.09. The summed E-state index contributed by atoms with van der Waals surface area (Å²) in [5.74, 6) is 0.523. The zero-order valence-electron chi connectivity index (χ0n) is 10.6. The van der Waals surface area contributed by atoms with E-state index in [2.05, 4.69) is 26.9 Å². The smallest absolute Gasteiger partial charge is 0.226 e. The van der Waals surface area contributed by atoms with Gasteiger partial charge in [0.05, 0.1) is 0 Å². The van der Waals surface area contributed by atoms with Gasteiger partial charge in [-0.05, 0) is 23.8 Å². The fraction of sp³-hybridized carbons (Fsp3) is 0.214. The summed E-state index contributed by atoms with van der Waals surface area (Å²) >= 11 is 5.65. The van der Waals surface area contributed by atoms with Gasteiger partial charge in [0.1, 0.15) is 0 Å². The maximum Gasteiger partial charge on any atom is 0.226 e. The summed E-state index contributed by atoms with van der Waals surface area (Å²) in [6.07, 6.45) is 0.411. The van der Waals surface area contributed by atoms with Crippen molar-refractivity contribution in [2.75, 3.05) is 17.2 Å². The number of fused-ring (bicyclic) bond motifs is 1. The number of anilines is 2. The highest BCUT2D eigenvalue weighted by Crippen LogP contribution is 2.33. The summed E-state index contributed by atoms with van der Waals surface area (Å²) in [7, 11) is 0. The van der Waals surface area contributed by atoms with Gasteiger partial charge >= 0.3 is 0 Å². The second kappa shape index (κ2) is 5.46. The number of carbonyl (C=O) groups excluding carboxylic acids is 1. The topological polar surface area (TPSA) is 66.9 Å². The van der Waals surface area contributed by atoms with Crippen LogP contribution in [0.3, 0.4) is 0 Å². The molecule has 0 spiro atoms. The van der Waals surface area contributed by atoms with Gasteiger partial charge in [0, 0.05) is 24.6 Å². The first-order chi connectivity index (χ1) is 9.72. The number of hydrogen-bond acceptors (Lipinski definition) is 4. The van der Waals surface area contributed by atoms with Crippen LogP contribution >= 0.6 is 11.6 Å². The largest absolute Gasteiger partial charge is 0.384 e. The number of nitrogens with zero attached hydrogens (tertiary/aromatic N) is 2. The molecule has 1 aromatic carbocycles. The van der Waals surface area contributed by atoms with E-state index in [0.29, 0.717) is 17.4 Å². The van der Waals surface area contributed by atoms with Gasteiger partial charge in [-0.1, -0.05) is 29.8 Å². The average molecular weight is 289 g/mol. The third kappa shape index (κ3) is 2.72. The van der Waals surface area contributed by atoms with Crippen LogP contribution in [0.5, 0.6) is 0 Å². The number of nitrogens with one attached hydrogen (secondary N) is 2. The molecular weight excluding hydrogens is 276 g/mol. The fourth-order valence-electron chi connectivity index (χ4n) is 2.34. The summed E-state index contributed by atoms with van der Waals surface area (Å²) in [6, 6.07) is 11.3. The first kappa shape index (κ1) is 12.9. The molecule has 0 bridgehead atoms. The number of amides is 1. The molecule has 1 aliphatic heterocycles. The van der Waals surface area contributed by atoms with Gasteiger partial charge in [0.2, 0.25) is 5.91 Å². The Labute approximate surface area is 121 Å². The molecule has 2 N–H and O–H groups in total. The van der Waals surface area contributed by atoms with Crippen molar-refractivity contribution in [2.45, 2.75) is 12.3 Å². The van der Waals surface area contributed by atoms with E-state index < -0.39 is 0 Å². The minimum absolute atomic E-state index is 0.0786. The van der Waals surface area contributed by atoms with E-state index in [4.69, 9.17) is 11.6 Å². The molecule has 1 aliphatic rings. The molecule has 5 nitrogen and oxygen atoms in total. The van der Waals surface area contributed by atoms with Crippen LogP contribution in [0.25, 0.3) is 0 Å². The van der Waals surface area contributed by atoms with Crippen molar-refractivity contribution in [3.63, 3.8) is 0 Å². The van der Waals surface area contributed by atoms with Crippen molar-refractivity contribution in [3.05, 3.63) is 47.1 Å². The summed E-state index contributed by atoms with van der Waals surface area (Å²) in [5.41, 5.74) is 2.29. The molecule has 3 rings (SSSR count). The predicted octanol–water partition coefficient (Wildman–Crippen LogP) is 2.67. The second-order valence-corrected chi connectivity index (χ2v) is 5.05. The Hall–Kier alpha value is -2.14. The van der Waals surface area contributed by atoms with E-state index in [1.54, 1.807) is 12.1 Å². The molecule has 2 heterocycles. The van der Waals surface area contributed by atoms with Gasteiger partial charge in [0.25, 0.3) is 0 Å². The van der Waals surface area contributed by atoms with Crippen molar-refractivity contribution >= 4 is 29.0 Å². The molecule has 0 saturated heterocycles. The predicted molar refractivity (Wildman–Crippen MR) is 78.0 cm³/mol. The highest BCUT2D eigenvalue weighted by atomic mass is 35.5. The van der Waals surface area contributed by atoms with Crippen molar-refractivity contribution < 1.29 is 4.79 Å². The third-order valence-corrected chi connectivity index (χ3v) is 3.47. The Morgan fingerprint density at radius 3 is 2.95 bits per heavy atom. The molecule has 1 unspecified atom stereocenters. The molecule has 0 fully saturated rings. The van der Waals surface area contributed by atoms with Gasteiger partial charge in [-0.3, -0.25) is 4.79 Å². The molecule has 2 aromatic rings. The molecule has 0 aliphatic carbocycles. The first-order valence-corrected chi connectivity index (χ1v) is 6.72. The fourth-order valence-corrected chi connectivity index (χ4v) is 2.44. The van der Waals surface area contributed by atoms with Crippen LogP contribution < -0.4 is 10.6 Å². The minimum Gasteiger partial charge on any atom is -0.384 e. The molecule has 102 valence electrons. The standard InChI is InChI=1S/C14H13ClN4O/c15-12-5-6-13(19-18-12)17-14(20)7-9-8-16-11-4-2-1-3-10(9)11/h1-6,9,16H,7-8H2,(H,17,19,20). The maximum atomic E-state index is 12.0. The average Bonchev–Trinajstić information content (AvgIpc) is 2.85. The lowest BCUT2D eigenvalue weighted by Crippen LogP contribution is -2.17. The second-order valence-electron chi connectivity index (χ2n) is 4.66. The zero-order valence-corrected chi connectivity index (χ0v) is 11.4. The van der Waals surface area contributed by atoms with E-state index >= 15 is 0 Å². The molecule has 20 heavy (non-hydrogen) atoms. The molecular formula is C14H13ClN4O. The Bertz CT molecular complexity index is 629. The molecule has 6 heteroatoms. The van der Waals surface area contributed by atoms with Crippen LogP contribution in [0.15, 0.2) is 36.4 Å². The lowest BCUT2D eigenvalue weighted by molar-refractivity contribution is -0.116. The Kier molecular flexibility index (Phi) is 3.52. The van der Waals surface area contributed by atoms with Crippen molar-refractivity contribution in [1.29, 1.82) is 0 Å². The van der Waals surface area contributed by atoms with Crippen molar-refractivity contribution in [1.82, 2.24) is 10.2 Å². The Balaban J connectivity index is 1.64. The summed E-state index contributed by atoms with van der Waals surface area (Å²) in [4.78, 5) is 12.0. The van der Waals surface area contributed by atoms with Crippen LogP contribution in [0, 0.1) is 0 Å². The maximum absolute atomic E-state index is 12.0. The van der Waals surface area contributed by atoms with Crippen molar-refractivity contribution in [3.8, 4) is 0 Å². The highest BCUT2D eigenvalue weighted by molar-refractivity contribution is 6.29. The molecule has 1 atom stereocenters. The highest BCUT2D eigenvalue weighted by Gasteiger charge is 2.24. The van der Waals surface area contributed by atoms with Crippen LogP contribution in [0.1, 0.15) is 17.9 Å². The van der Waals surface area contributed by atoms with Gasteiger partial charge in [0.15, 0.2) is 11.0 Å². The molecule has 1 aromatic heterocycles. The Morgan fingerprint density at radius 2 is 2.15 bits per heavy atom. The van der Waals surface area contributed by atoms with E-state index in [1.165, 1.54) is 5.56 Å². The zero-order chi connectivity index (χ0) is 13.9. The van der Waals surface area contributed by atoms with E-state index in [0.717, 1.165) is 12.2 Å². The van der Waals surface area contributed by atoms with Crippen LogP contribution in [-0.4, -0.2) is 22.6 Å². The van der Waals surface area contributed by atoms with Crippen LogP contribution in [-0.2, 0) is 4.79 Å². The minimum atomic E-state index is -0.0786. The van der Waals surface area contributed by atoms with Crippen LogP contribution in [0.2, 0.25) is 5.15 Å². The lowest BCUT2D eigenvalue weighted by atomic mass is 9.98. The summed E-state index contributed by atoms with van der Waals surface area (Å²) in [6.45, 7) is 0.777. The summed E-state index contributed by atoms with van der Waals surface area (Å²) < 4.78 is 0. The molecule has 0 saturated carbocycles. The number of para-hydroxylation sites is 1. The number of benzene rings is 1.